The molecule has 9 atom stereocenters. The van der Waals surface area contributed by atoms with Crippen LogP contribution in [0.3, 0.4) is 0 Å². The second kappa shape index (κ2) is 9.79. The molecule has 2 aliphatic rings. The van der Waals surface area contributed by atoms with Gasteiger partial charge in [0.15, 0.2) is 6.29 Å². The van der Waals surface area contributed by atoms with Gasteiger partial charge in [-0.1, -0.05) is 0 Å². The van der Waals surface area contributed by atoms with Gasteiger partial charge in [-0.3, -0.25) is 23.4 Å². The lowest BCUT2D eigenvalue weighted by atomic mass is 10.00. The van der Waals surface area contributed by atoms with Crippen LogP contribution in [-0.2, 0) is 23.1 Å². The Morgan fingerprint density at radius 3 is 2.50 bits per heavy atom. The van der Waals surface area contributed by atoms with Crippen LogP contribution in [-0.4, -0.2) is 96.1 Å². The Morgan fingerprint density at radius 2 is 1.84 bits per heavy atom. The first-order valence-electron chi connectivity index (χ1n) is 9.55. The van der Waals surface area contributed by atoms with Crippen molar-refractivity contribution in [3.8, 4) is 0 Å². The van der Waals surface area contributed by atoms with E-state index >= 15 is 0 Å². The topological polar surface area (TPSA) is 230 Å². The number of aryl methyl sites for hydroxylation is 1. The molecule has 2 aliphatic heterocycles. The fourth-order valence-corrected chi connectivity index (χ4v) is 4.15. The van der Waals surface area contributed by atoms with Gasteiger partial charge >= 0.3 is 13.5 Å². The van der Waals surface area contributed by atoms with Crippen molar-refractivity contribution >= 4 is 7.82 Å². The molecule has 2 saturated heterocycles. The number of aliphatic hydroxyl groups excluding tert-OH is 5. The highest BCUT2D eigenvalue weighted by molar-refractivity contribution is 7.47. The van der Waals surface area contributed by atoms with Crippen LogP contribution in [0.5, 0.6) is 0 Å². The molecule has 2 fully saturated rings. The third-order valence-electron chi connectivity index (χ3n) is 5.15. The van der Waals surface area contributed by atoms with Gasteiger partial charge in [-0.15, -0.1) is 0 Å². The molecule has 3 rings (SSSR count). The van der Waals surface area contributed by atoms with Gasteiger partial charge in [-0.2, -0.15) is 0 Å². The number of hydrogen-bond acceptors (Lipinski definition) is 12. The molecule has 1 aromatic heterocycles. The fourth-order valence-electron chi connectivity index (χ4n) is 3.32. The summed E-state index contributed by atoms with van der Waals surface area (Å²) in [6.45, 7) is 0.0353. The van der Waals surface area contributed by atoms with Crippen molar-refractivity contribution in [2.45, 2.75) is 62.5 Å². The molecule has 0 aromatic carbocycles. The number of nitrogens with one attached hydrogen (secondary N) is 1. The Morgan fingerprint density at radius 1 is 1.16 bits per heavy atom. The number of phosphoric ester groups is 1. The van der Waals surface area contributed by atoms with Crippen molar-refractivity contribution in [2.75, 3.05) is 13.2 Å². The summed E-state index contributed by atoms with van der Waals surface area (Å²) in [6.07, 6.45) is -10.9. The Kier molecular flexibility index (Phi) is 7.69. The molecule has 0 bridgehead atoms. The van der Waals surface area contributed by atoms with Gasteiger partial charge in [0.2, 0.25) is 0 Å². The number of hydrogen-bond donors (Lipinski definition) is 7. The van der Waals surface area contributed by atoms with E-state index in [2.05, 4.69) is 4.98 Å². The molecular weight excluding hydrogens is 459 g/mol. The molecule has 32 heavy (non-hydrogen) atoms. The number of aromatic amines is 1. The number of rotatable bonds is 7. The van der Waals surface area contributed by atoms with Crippen LogP contribution in [0.2, 0.25) is 0 Å². The van der Waals surface area contributed by atoms with E-state index in [9.17, 15) is 39.5 Å². The molecule has 0 radical (unpaired) electrons. The summed E-state index contributed by atoms with van der Waals surface area (Å²) in [5, 5.41) is 48.6. The molecule has 15 nitrogen and oxygen atoms in total. The van der Waals surface area contributed by atoms with Gasteiger partial charge in [0.25, 0.3) is 5.56 Å². The number of aromatic nitrogens is 2. The minimum absolute atomic E-state index is 0.0806. The highest BCUT2D eigenvalue weighted by atomic mass is 31.2. The first-order valence-corrected chi connectivity index (χ1v) is 11.0. The summed E-state index contributed by atoms with van der Waals surface area (Å²) >= 11 is 0. The van der Waals surface area contributed by atoms with Crippen molar-refractivity contribution < 1.29 is 53.5 Å². The van der Waals surface area contributed by atoms with E-state index in [-0.39, 0.29) is 12.0 Å². The van der Waals surface area contributed by atoms with Crippen LogP contribution < -0.4 is 11.2 Å². The average Bonchev–Trinajstić information content (AvgIpc) is 3.10. The van der Waals surface area contributed by atoms with E-state index in [0.29, 0.717) is 0 Å². The minimum atomic E-state index is -4.94. The van der Waals surface area contributed by atoms with E-state index < -0.39 is 81.4 Å². The monoisotopic (exact) mass is 484 g/mol. The van der Waals surface area contributed by atoms with Crippen LogP contribution in [0.15, 0.2) is 15.8 Å². The maximum absolute atomic E-state index is 12.2. The van der Waals surface area contributed by atoms with Crippen LogP contribution in [0.1, 0.15) is 18.2 Å². The lowest BCUT2D eigenvalue weighted by Gasteiger charge is -2.39. The molecule has 3 heterocycles. The first kappa shape index (κ1) is 25.1. The Labute approximate surface area is 180 Å². The Bertz CT molecular complexity index is 964. The molecule has 0 spiro atoms. The summed E-state index contributed by atoms with van der Waals surface area (Å²) < 4.78 is 33.3. The van der Waals surface area contributed by atoms with Gasteiger partial charge in [0.05, 0.1) is 19.3 Å². The molecule has 182 valence electrons. The van der Waals surface area contributed by atoms with Crippen molar-refractivity contribution in [3.63, 3.8) is 0 Å². The summed E-state index contributed by atoms with van der Waals surface area (Å²) in [6, 6.07) is 0. The van der Waals surface area contributed by atoms with Crippen molar-refractivity contribution in [1.29, 1.82) is 0 Å². The van der Waals surface area contributed by atoms with E-state index in [4.69, 9.17) is 23.6 Å². The molecule has 0 amide bonds. The third kappa shape index (κ3) is 5.35. The smallest absolute Gasteiger partial charge is 0.394 e. The molecule has 7 N–H and O–H groups in total. The number of aliphatic hydroxyl groups is 5. The minimum Gasteiger partial charge on any atom is -0.394 e. The predicted molar refractivity (Wildman–Crippen MR) is 101 cm³/mol. The normalized spacial score (nSPS) is 37.3. The van der Waals surface area contributed by atoms with Crippen molar-refractivity contribution in [3.05, 3.63) is 32.6 Å². The molecule has 1 aromatic rings. The van der Waals surface area contributed by atoms with Gasteiger partial charge < -0.3 is 39.9 Å². The van der Waals surface area contributed by atoms with Gasteiger partial charge in [0, 0.05) is 18.2 Å². The SMILES string of the molecule is Cc1cn([C@H]2C[C@H](O)[C@@H](COP(=O)(O)O[C@H]3O[C@H](CO)[C@@H](O)[C@H](O)[C@H]3O)O2)c(=O)[nH]c1=O. The molecule has 0 aliphatic carbocycles. The quantitative estimate of drug-likeness (QED) is 0.186. The molecule has 0 saturated carbocycles. The van der Waals surface area contributed by atoms with E-state index in [1.54, 1.807) is 0 Å². The van der Waals surface area contributed by atoms with Crippen LogP contribution in [0.4, 0.5) is 0 Å². The van der Waals surface area contributed by atoms with Gasteiger partial charge in [-0.25, -0.2) is 9.36 Å². The van der Waals surface area contributed by atoms with Crippen molar-refractivity contribution in [1.82, 2.24) is 9.55 Å². The maximum atomic E-state index is 12.2. The summed E-state index contributed by atoms with van der Waals surface area (Å²) in [7, 11) is -4.94. The summed E-state index contributed by atoms with van der Waals surface area (Å²) in [5.41, 5.74) is -1.11. The zero-order chi connectivity index (χ0) is 23.8. The third-order valence-corrected chi connectivity index (χ3v) is 6.10. The number of ether oxygens (including phenoxy) is 2. The fraction of sp³-hybridized carbons (Fsp3) is 0.750. The molecule has 16 heteroatoms. The molecular formula is C16H25N2O13P. The number of H-pyrrole nitrogens is 1. The zero-order valence-corrected chi connectivity index (χ0v) is 17.6. The van der Waals surface area contributed by atoms with E-state index in [1.165, 1.54) is 13.1 Å². The second-order valence-electron chi connectivity index (χ2n) is 7.48. The van der Waals surface area contributed by atoms with Crippen LogP contribution in [0.25, 0.3) is 0 Å². The number of phosphoric acid groups is 1. The van der Waals surface area contributed by atoms with E-state index in [1.807, 2.05) is 0 Å². The maximum Gasteiger partial charge on any atom is 0.474 e. The van der Waals surface area contributed by atoms with Crippen molar-refractivity contribution in [2.24, 2.45) is 0 Å². The van der Waals surface area contributed by atoms with Gasteiger partial charge in [-0.05, 0) is 6.92 Å². The second-order valence-corrected chi connectivity index (χ2v) is 8.88. The zero-order valence-electron chi connectivity index (χ0n) is 16.8. The predicted octanol–water partition coefficient (Wildman–Crippen LogP) is -3.57. The standard InChI is InChI=1S/C16H25N2O13P/c1-6-3-18(16(25)17-14(6)24)10-2-7(20)9(29-10)5-28-32(26,27)31-15-13(23)12(22)11(21)8(4-19)30-15/h3,7-13,15,19-23H,2,4-5H2,1H3,(H,26,27)(H,17,24,25)/t7-,8+,9+,10+,11+,12-,13+,15+/m0/s1. The van der Waals surface area contributed by atoms with E-state index in [0.717, 1.165) is 4.57 Å². The first-order chi connectivity index (χ1) is 14.9. The highest BCUT2D eigenvalue weighted by Crippen LogP contribution is 2.47. The largest absolute Gasteiger partial charge is 0.474 e. The highest BCUT2D eigenvalue weighted by Gasteiger charge is 2.47. The molecule has 1 unspecified atom stereocenters. The lowest BCUT2D eigenvalue weighted by Crippen LogP contribution is -2.58. The number of nitrogens with zero attached hydrogens (tertiary/aromatic N) is 1. The Hall–Kier alpha value is -1.49. The average molecular weight is 484 g/mol. The van der Waals surface area contributed by atoms with Gasteiger partial charge in [0.1, 0.15) is 36.7 Å². The lowest BCUT2D eigenvalue weighted by molar-refractivity contribution is -0.281. The summed E-state index contributed by atoms with van der Waals surface area (Å²) in [4.78, 5) is 35.5. The Balaban J connectivity index is 1.61. The summed E-state index contributed by atoms with van der Waals surface area (Å²) in [5.74, 6) is 0. The van der Waals surface area contributed by atoms with Crippen LogP contribution in [0, 0.1) is 6.92 Å². The van der Waals surface area contributed by atoms with Crippen LogP contribution >= 0.6 is 7.82 Å².